The Morgan fingerprint density at radius 3 is 2.61 bits per heavy atom. The fourth-order valence-corrected chi connectivity index (χ4v) is 2.77. The molecule has 3 unspecified atom stereocenters. The SMILES string of the molecule is CC1CN(C(C)Cc2cccc(N)c2)CC(C)O1. The molecule has 0 amide bonds. The molecule has 3 atom stereocenters. The van der Waals surface area contributed by atoms with Crippen molar-refractivity contribution in [3.8, 4) is 0 Å². The van der Waals surface area contributed by atoms with Crippen LogP contribution in [0.2, 0.25) is 0 Å². The fourth-order valence-electron chi connectivity index (χ4n) is 2.77. The lowest BCUT2D eigenvalue weighted by molar-refractivity contribution is -0.0782. The molecule has 1 aliphatic rings. The van der Waals surface area contributed by atoms with Crippen LogP contribution in [0.5, 0.6) is 0 Å². The Bertz CT molecular complexity index is 384. The minimum Gasteiger partial charge on any atom is -0.399 e. The van der Waals surface area contributed by atoms with Crippen LogP contribution in [-0.2, 0) is 11.2 Å². The highest BCUT2D eigenvalue weighted by Crippen LogP contribution is 2.17. The van der Waals surface area contributed by atoms with Crippen LogP contribution >= 0.6 is 0 Å². The number of hydrogen-bond acceptors (Lipinski definition) is 3. The van der Waals surface area contributed by atoms with E-state index in [2.05, 4.69) is 37.8 Å². The van der Waals surface area contributed by atoms with Crippen molar-refractivity contribution in [1.82, 2.24) is 4.90 Å². The molecule has 1 saturated heterocycles. The summed E-state index contributed by atoms with van der Waals surface area (Å²) in [5, 5.41) is 0. The molecule has 0 aromatic heterocycles. The Morgan fingerprint density at radius 1 is 1.33 bits per heavy atom. The quantitative estimate of drug-likeness (QED) is 0.834. The second-order valence-electron chi connectivity index (χ2n) is 5.51. The number of hydrogen-bond donors (Lipinski definition) is 1. The summed E-state index contributed by atoms with van der Waals surface area (Å²) in [6.07, 6.45) is 1.71. The van der Waals surface area contributed by atoms with Gasteiger partial charge in [-0.1, -0.05) is 12.1 Å². The van der Waals surface area contributed by atoms with E-state index in [0.717, 1.165) is 25.2 Å². The number of nitrogens with zero attached hydrogens (tertiary/aromatic N) is 1. The minimum absolute atomic E-state index is 0.331. The van der Waals surface area contributed by atoms with Gasteiger partial charge in [0.25, 0.3) is 0 Å². The first-order valence-corrected chi connectivity index (χ1v) is 6.78. The first-order chi connectivity index (χ1) is 8.54. The molecule has 0 radical (unpaired) electrons. The molecule has 0 bridgehead atoms. The van der Waals surface area contributed by atoms with Crippen LogP contribution in [-0.4, -0.2) is 36.2 Å². The lowest BCUT2D eigenvalue weighted by atomic mass is 10.0. The van der Waals surface area contributed by atoms with Gasteiger partial charge in [0.2, 0.25) is 0 Å². The molecular formula is C15H24N2O. The zero-order valence-electron chi connectivity index (χ0n) is 11.6. The molecule has 1 fully saturated rings. The maximum Gasteiger partial charge on any atom is 0.0678 e. The number of nitrogens with two attached hydrogens (primary N) is 1. The summed E-state index contributed by atoms with van der Waals surface area (Å²) in [4.78, 5) is 2.52. The monoisotopic (exact) mass is 248 g/mol. The van der Waals surface area contributed by atoms with E-state index >= 15 is 0 Å². The van der Waals surface area contributed by atoms with Crippen LogP contribution in [0.15, 0.2) is 24.3 Å². The van der Waals surface area contributed by atoms with Gasteiger partial charge < -0.3 is 10.5 Å². The summed E-state index contributed by atoms with van der Waals surface area (Å²) >= 11 is 0. The average molecular weight is 248 g/mol. The van der Waals surface area contributed by atoms with E-state index in [-0.39, 0.29) is 0 Å². The van der Waals surface area contributed by atoms with Crippen molar-refractivity contribution >= 4 is 5.69 Å². The maximum atomic E-state index is 5.82. The first kappa shape index (κ1) is 13.4. The van der Waals surface area contributed by atoms with Gasteiger partial charge in [0.05, 0.1) is 12.2 Å². The standard InChI is InChI=1S/C15H24N2O/c1-11(7-14-5-4-6-15(16)8-14)17-9-12(2)18-13(3)10-17/h4-6,8,11-13H,7,9-10,16H2,1-3H3. The van der Waals surface area contributed by atoms with Crippen LogP contribution in [0.1, 0.15) is 26.3 Å². The average Bonchev–Trinajstić information content (AvgIpc) is 2.27. The Kier molecular flexibility index (Phi) is 4.25. The highest BCUT2D eigenvalue weighted by Gasteiger charge is 2.25. The number of morpholine rings is 1. The molecule has 3 nitrogen and oxygen atoms in total. The van der Waals surface area contributed by atoms with Gasteiger partial charge in [-0.05, 0) is 44.9 Å². The highest BCUT2D eigenvalue weighted by atomic mass is 16.5. The van der Waals surface area contributed by atoms with Gasteiger partial charge in [-0.2, -0.15) is 0 Å². The number of ether oxygens (including phenoxy) is 1. The third-order valence-electron chi connectivity index (χ3n) is 3.55. The molecule has 1 aromatic carbocycles. The number of nitrogen functional groups attached to an aromatic ring is 1. The van der Waals surface area contributed by atoms with Crippen LogP contribution in [0.4, 0.5) is 5.69 Å². The van der Waals surface area contributed by atoms with Crippen molar-refractivity contribution in [2.45, 2.75) is 45.4 Å². The van der Waals surface area contributed by atoms with Crippen molar-refractivity contribution < 1.29 is 4.74 Å². The zero-order valence-corrected chi connectivity index (χ0v) is 11.6. The molecule has 18 heavy (non-hydrogen) atoms. The van der Waals surface area contributed by atoms with Crippen LogP contribution in [0.3, 0.4) is 0 Å². The summed E-state index contributed by atoms with van der Waals surface area (Å²) in [7, 11) is 0. The lowest BCUT2D eigenvalue weighted by Gasteiger charge is -2.39. The largest absolute Gasteiger partial charge is 0.399 e. The first-order valence-electron chi connectivity index (χ1n) is 6.78. The predicted molar refractivity (Wildman–Crippen MR) is 75.6 cm³/mol. The Hall–Kier alpha value is -1.06. The van der Waals surface area contributed by atoms with E-state index in [1.165, 1.54) is 5.56 Å². The molecule has 1 aromatic rings. The smallest absolute Gasteiger partial charge is 0.0678 e. The van der Waals surface area contributed by atoms with Gasteiger partial charge in [-0.3, -0.25) is 4.90 Å². The summed E-state index contributed by atoms with van der Waals surface area (Å²) in [5.74, 6) is 0. The Morgan fingerprint density at radius 2 is 2.00 bits per heavy atom. The predicted octanol–water partition coefficient (Wildman–Crippen LogP) is 2.31. The molecule has 100 valence electrons. The van der Waals surface area contributed by atoms with E-state index < -0.39 is 0 Å². The van der Waals surface area contributed by atoms with Gasteiger partial charge in [0.1, 0.15) is 0 Å². The Labute approximate surface area is 110 Å². The normalized spacial score (nSPS) is 27.1. The van der Waals surface area contributed by atoms with E-state index in [1.54, 1.807) is 0 Å². The topological polar surface area (TPSA) is 38.5 Å². The molecule has 2 rings (SSSR count). The molecule has 0 spiro atoms. The highest BCUT2D eigenvalue weighted by molar-refractivity contribution is 5.40. The van der Waals surface area contributed by atoms with Gasteiger partial charge >= 0.3 is 0 Å². The molecular weight excluding hydrogens is 224 g/mol. The third-order valence-corrected chi connectivity index (χ3v) is 3.55. The van der Waals surface area contributed by atoms with E-state index in [1.807, 2.05) is 12.1 Å². The second kappa shape index (κ2) is 5.72. The summed E-state index contributed by atoms with van der Waals surface area (Å²) in [6, 6.07) is 8.72. The fraction of sp³-hybridized carbons (Fsp3) is 0.600. The van der Waals surface area contributed by atoms with Gasteiger partial charge in [0.15, 0.2) is 0 Å². The molecule has 1 aliphatic heterocycles. The van der Waals surface area contributed by atoms with Crippen molar-refractivity contribution in [3.05, 3.63) is 29.8 Å². The number of anilines is 1. The van der Waals surface area contributed by atoms with Crippen LogP contribution in [0, 0.1) is 0 Å². The van der Waals surface area contributed by atoms with Gasteiger partial charge in [-0.15, -0.1) is 0 Å². The summed E-state index contributed by atoms with van der Waals surface area (Å²) < 4.78 is 5.77. The molecule has 3 heteroatoms. The van der Waals surface area contributed by atoms with Crippen molar-refractivity contribution in [2.75, 3.05) is 18.8 Å². The second-order valence-corrected chi connectivity index (χ2v) is 5.51. The molecule has 1 heterocycles. The third kappa shape index (κ3) is 3.47. The zero-order chi connectivity index (χ0) is 13.1. The number of benzene rings is 1. The van der Waals surface area contributed by atoms with Crippen molar-refractivity contribution in [2.24, 2.45) is 0 Å². The van der Waals surface area contributed by atoms with E-state index in [4.69, 9.17) is 10.5 Å². The summed E-state index contributed by atoms with van der Waals surface area (Å²) in [5.41, 5.74) is 7.99. The van der Waals surface area contributed by atoms with E-state index in [9.17, 15) is 0 Å². The number of rotatable bonds is 3. The van der Waals surface area contributed by atoms with Crippen molar-refractivity contribution in [3.63, 3.8) is 0 Å². The van der Waals surface area contributed by atoms with Gasteiger partial charge in [-0.25, -0.2) is 0 Å². The molecule has 2 N–H and O–H groups in total. The van der Waals surface area contributed by atoms with Crippen LogP contribution in [0.25, 0.3) is 0 Å². The summed E-state index contributed by atoms with van der Waals surface area (Å²) in [6.45, 7) is 8.63. The molecule has 0 aliphatic carbocycles. The Balaban J connectivity index is 1.97. The van der Waals surface area contributed by atoms with E-state index in [0.29, 0.717) is 18.2 Å². The lowest BCUT2D eigenvalue weighted by Crippen LogP contribution is -2.49. The van der Waals surface area contributed by atoms with Crippen LogP contribution < -0.4 is 5.73 Å². The van der Waals surface area contributed by atoms with Crippen molar-refractivity contribution in [1.29, 1.82) is 0 Å². The molecule has 0 saturated carbocycles. The van der Waals surface area contributed by atoms with Gasteiger partial charge in [0, 0.05) is 24.8 Å². The minimum atomic E-state index is 0.331. The maximum absolute atomic E-state index is 5.82.